The molecular formula is C35H46BrN7O4. The van der Waals surface area contributed by atoms with Crippen molar-refractivity contribution >= 4 is 51.2 Å². The van der Waals surface area contributed by atoms with Crippen molar-refractivity contribution in [3.63, 3.8) is 0 Å². The Balaban J connectivity index is 1.62. The number of carbonyl (C=O) groups excluding carboxylic acids is 4. The van der Waals surface area contributed by atoms with Gasteiger partial charge in [-0.25, -0.2) is 0 Å². The van der Waals surface area contributed by atoms with Gasteiger partial charge in [0.05, 0.1) is 12.0 Å². The molecule has 1 aliphatic carbocycles. The van der Waals surface area contributed by atoms with Gasteiger partial charge in [-0.3, -0.25) is 19.2 Å². The van der Waals surface area contributed by atoms with E-state index < -0.39 is 23.9 Å². The Kier molecular flexibility index (Phi) is 13.2. The Labute approximate surface area is 285 Å². The fourth-order valence-electron chi connectivity index (χ4n) is 6.59. The fourth-order valence-corrected chi connectivity index (χ4v) is 7.01. The quantitative estimate of drug-likeness (QED) is 0.175. The minimum Gasteiger partial charge on any atom is -0.385 e. The number of amidine groups is 2. The van der Waals surface area contributed by atoms with Gasteiger partial charge in [0.25, 0.3) is 0 Å². The number of amides is 4. The molecule has 3 atom stereocenters. The molecular weight excluding hydrogens is 662 g/mol. The van der Waals surface area contributed by atoms with Crippen LogP contribution in [0.25, 0.3) is 0 Å². The Hall–Kier alpha value is -3.90. The van der Waals surface area contributed by atoms with E-state index >= 15 is 0 Å². The van der Waals surface area contributed by atoms with Crippen LogP contribution in [0.15, 0.2) is 63.0 Å². The highest BCUT2D eigenvalue weighted by atomic mass is 79.9. The van der Waals surface area contributed by atoms with E-state index in [0.717, 1.165) is 73.6 Å². The topological polar surface area (TPSA) is 181 Å². The van der Waals surface area contributed by atoms with E-state index in [0.29, 0.717) is 12.0 Å². The summed E-state index contributed by atoms with van der Waals surface area (Å²) in [4.78, 5) is 59.5. The molecule has 11 nitrogen and oxygen atoms in total. The predicted molar refractivity (Wildman–Crippen MR) is 187 cm³/mol. The SMILES string of the molecule is CC(=O)N=C(N)c1ccc(CC(C(=O)N[C@H](C(=O)NC(C(N)=NC(C)=O)C2CCNCC2)C2CCCCC2)c2cccc(Br)c2)cc1. The van der Waals surface area contributed by atoms with Gasteiger partial charge in [-0.15, -0.1) is 0 Å². The number of hydrogen-bond acceptors (Lipinski definition) is 5. The number of benzene rings is 2. The van der Waals surface area contributed by atoms with Crippen LogP contribution in [-0.4, -0.2) is 60.5 Å². The predicted octanol–water partition coefficient (Wildman–Crippen LogP) is 3.48. The molecule has 2 aromatic rings. The second-order valence-corrected chi connectivity index (χ2v) is 13.5. The molecule has 1 saturated heterocycles. The molecule has 0 radical (unpaired) electrons. The summed E-state index contributed by atoms with van der Waals surface area (Å²) in [7, 11) is 0. The number of hydrogen-bond donors (Lipinski definition) is 5. The maximum absolute atomic E-state index is 14.3. The number of nitrogens with zero attached hydrogens (tertiary/aromatic N) is 2. The molecule has 2 fully saturated rings. The van der Waals surface area contributed by atoms with Crippen molar-refractivity contribution in [3.8, 4) is 0 Å². The van der Waals surface area contributed by atoms with Crippen LogP contribution in [0.5, 0.6) is 0 Å². The van der Waals surface area contributed by atoms with Gasteiger partial charge in [-0.1, -0.05) is 71.6 Å². The monoisotopic (exact) mass is 707 g/mol. The van der Waals surface area contributed by atoms with Crippen molar-refractivity contribution in [3.05, 3.63) is 69.7 Å². The molecule has 0 bridgehead atoms. The lowest BCUT2D eigenvalue weighted by molar-refractivity contribution is -0.131. The molecule has 1 saturated carbocycles. The Morgan fingerprint density at radius 2 is 1.45 bits per heavy atom. The molecule has 0 aromatic heterocycles. The van der Waals surface area contributed by atoms with Gasteiger partial charge >= 0.3 is 0 Å². The fraction of sp³-hybridized carbons (Fsp3) is 0.486. The minimum atomic E-state index is -0.781. The van der Waals surface area contributed by atoms with Crippen molar-refractivity contribution in [1.29, 1.82) is 0 Å². The summed E-state index contributed by atoms with van der Waals surface area (Å²) in [6, 6.07) is 13.5. The molecule has 1 aliphatic heterocycles. The van der Waals surface area contributed by atoms with Gasteiger partial charge in [-0.05, 0) is 80.3 Å². The number of carbonyl (C=O) groups is 4. The van der Waals surface area contributed by atoms with E-state index in [4.69, 9.17) is 11.5 Å². The summed E-state index contributed by atoms with van der Waals surface area (Å²) < 4.78 is 0.836. The largest absolute Gasteiger partial charge is 0.385 e. The third-order valence-electron chi connectivity index (χ3n) is 8.99. The van der Waals surface area contributed by atoms with Gasteiger partial charge in [0.1, 0.15) is 17.7 Å². The van der Waals surface area contributed by atoms with Gasteiger partial charge < -0.3 is 27.4 Å². The van der Waals surface area contributed by atoms with E-state index in [9.17, 15) is 19.2 Å². The van der Waals surface area contributed by atoms with E-state index in [1.54, 1.807) is 12.1 Å². The standard InChI is InChI=1S/C35H46BrN7O4/c1-21(44)40-32(37)26-13-11-23(12-14-26)19-29(27-9-6-10-28(36)20-27)34(46)43-31(24-7-4-3-5-8-24)35(47)42-30(33(38)41-22(2)45)25-15-17-39-18-16-25/h6,9-14,20,24-25,29-31,39H,3-5,7-8,15-19H2,1-2H3,(H,42,47)(H,43,46)(H2,37,40,44)(H2,38,41,45)/t29?,30?,31-/m0/s1. The lowest BCUT2D eigenvalue weighted by Gasteiger charge is -2.35. The summed E-state index contributed by atoms with van der Waals surface area (Å²) >= 11 is 3.54. The molecule has 2 unspecified atom stereocenters. The molecule has 12 heteroatoms. The van der Waals surface area contributed by atoms with Crippen molar-refractivity contribution in [2.24, 2.45) is 33.3 Å². The zero-order valence-corrected chi connectivity index (χ0v) is 28.7. The van der Waals surface area contributed by atoms with Crippen molar-refractivity contribution in [2.75, 3.05) is 13.1 Å². The number of piperidine rings is 1. The highest BCUT2D eigenvalue weighted by Crippen LogP contribution is 2.29. The van der Waals surface area contributed by atoms with Gasteiger partial charge in [0, 0.05) is 23.9 Å². The summed E-state index contributed by atoms with van der Waals surface area (Å²) in [6.45, 7) is 4.23. The van der Waals surface area contributed by atoms with Gasteiger partial charge in [0.15, 0.2) is 0 Å². The lowest BCUT2D eigenvalue weighted by atomic mass is 9.82. The molecule has 1 heterocycles. The molecule has 4 amide bonds. The third kappa shape index (κ3) is 10.6. The highest BCUT2D eigenvalue weighted by Gasteiger charge is 2.36. The van der Waals surface area contributed by atoms with Crippen molar-refractivity contribution in [2.45, 2.75) is 83.2 Å². The Morgan fingerprint density at radius 1 is 0.830 bits per heavy atom. The van der Waals surface area contributed by atoms with Crippen LogP contribution in [0, 0.1) is 11.8 Å². The molecule has 252 valence electrons. The molecule has 7 N–H and O–H groups in total. The molecule has 2 aromatic carbocycles. The first-order valence-corrected chi connectivity index (χ1v) is 17.2. The van der Waals surface area contributed by atoms with Crippen molar-refractivity contribution in [1.82, 2.24) is 16.0 Å². The lowest BCUT2D eigenvalue weighted by Crippen LogP contribution is -2.59. The Bertz CT molecular complexity index is 1480. The van der Waals surface area contributed by atoms with Gasteiger partial charge in [-0.2, -0.15) is 9.98 Å². The zero-order chi connectivity index (χ0) is 33.9. The average molecular weight is 709 g/mol. The summed E-state index contributed by atoms with van der Waals surface area (Å²) in [5.41, 5.74) is 14.6. The molecule has 47 heavy (non-hydrogen) atoms. The van der Waals surface area contributed by atoms with Crippen molar-refractivity contribution < 1.29 is 19.2 Å². The van der Waals surface area contributed by atoms with Crippen LogP contribution in [0.3, 0.4) is 0 Å². The smallest absolute Gasteiger partial charge is 0.244 e. The maximum atomic E-state index is 14.3. The van der Waals surface area contributed by atoms with Crippen LogP contribution in [-0.2, 0) is 25.6 Å². The second kappa shape index (κ2) is 17.3. The number of nitrogens with one attached hydrogen (secondary N) is 3. The van der Waals surface area contributed by atoms with Crippen LogP contribution >= 0.6 is 15.9 Å². The second-order valence-electron chi connectivity index (χ2n) is 12.5. The number of nitrogens with two attached hydrogens (primary N) is 2. The summed E-state index contributed by atoms with van der Waals surface area (Å²) in [5, 5.41) is 9.60. The van der Waals surface area contributed by atoms with Crippen LogP contribution in [0.4, 0.5) is 0 Å². The summed E-state index contributed by atoms with van der Waals surface area (Å²) in [5.74, 6) is -1.80. The molecule has 2 aliphatic rings. The average Bonchev–Trinajstić information content (AvgIpc) is 3.05. The third-order valence-corrected chi connectivity index (χ3v) is 9.49. The van der Waals surface area contributed by atoms with E-state index in [-0.39, 0.29) is 41.2 Å². The first-order valence-electron chi connectivity index (χ1n) is 16.4. The summed E-state index contributed by atoms with van der Waals surface area (Å²) in [6.07, 6.45) is 6.60. The van der Waals surface area contributed by atoms with Crippen LogP contribution in [0.2, 0.25) is 0 Å². The highest BCUT2D eigenvalue weighted by molar-refractivity contribution is 9.10. The van der Waals surface area contributed by atoms with Crippen LogP contribution in [0.1, 0.15) is 81.4 Å². The van der Waals surface area contributed by atoms with E-state index in [1.807, 2.05) is 36.4 Å². The minimum absolute atomic E-state index is 0.0120. The first-order chi connectivity index (χ1) is 22.5. The van der Waals surface area contributed by atoms with E-state index in [1.165, 1.54) is 13.8 Å². The van der Waals surface area contributed by atoms with E-state index in [2.05, 4.69) is 41.9 Å². The number of aliphatic imine (C=N–C) groups is 2. The number of rotatable bonds is 11. The number of halogens is 1. The molecule has 4 rings (SSSR count). The maximum Gasteiger partial charge on any atom is 0.244 e. The first kappa shape index (κ1) is 35.9. The zero-order valence-electron chi connectivity index (χ0n) is 27.1. The normalized spacial score (nSPS) is 18.5. The molecule has 0 spiro atoms. The van der Waals surface area contributed by atoms with Gasteiger partial charge in [0.2, 0.25) is 23.6 Å². The van der Waals surface area contributed by atoms with Crippen LogP contribution < -0.4 is 27.4 Å². The Morgan fingerprint density at radius 3 is 2.06 bits per heavy atom.